The van der Waals surface area contributed by atoms with Crippen molar-refractivity contribution in [1.82, 2.24) is 4.90 Å². The summed E-state index contributed by atoms with van der Waals surface area (Å²) in [4.78, 5) is 13.9. The van der Waals surface area contributed by atoms with Gasteiger partial charge in [-0.15, -0.1) is 0 Å². The highest BCUT2D eigenvalue weighted by atomic mass is 16.2. The lowest BCUT2D eigenvalue weighted by Crippen LogP contribution is -2.33. The largest absolute Gasteiger partial charge is 0.340 e. The van der Waals surface area contributed by atoms with Gasteiger partial charge < -0.3 is 4.90 Å². The summed E-state index contributed by atoms with van der Waals surface area (Å²) in [5.41, 5.74) is 0. The molecule has 0 N–H and O–H groups in total. The number of carbonyl (C=O) groups is 1. The highest BCUT2D eigenvalue weighted by Crippen LogP contribution is 2.23. The van der Waals surface area contributed by atoms with E-state index in [1.165, 1.54) is 44.9 Å². The van der Waals surface area contributed by atoms with Crippen molar-refractivity contribution >= 4 is 5.91 Å². The molecular weight excluding hydrogens is 198 g/mol. The number of amides is 1. The van der Waals surface area contributed by atoms with E-state index in [1.807, 2.05) is 0 Å². The molecule has 1 atom stereocenters. The molecule has 0 aromatic heterocycles. The zero-order valence-corrected chi connectivity index (χ0v) is 11.0. The molecule has 0 aromatic rings. The summed E-state index contributed by atoms with van der Waals surface area (Å²) in [6.45, 7) is 5.45. The van der Waals surface area contributed by atoms with E-state index in [-0.39, 0.29) is 0 Å². The minimum absolute atomic E-state index is 0.401. The lowest BCUT2D eigenvalue weighted by atomic mass is 10.1. The van der Waals surface area contributed by atoms with Crippen LogP contribution in [0.15, 0.2) is 0 Å². The van der Waals surface area contributed by atoms with Crippen LogP contribution >= 0.6 is 0 Å². The fourth-order valence-electron chi connectivity index (χ4n) is 2.56. The molecule has 2 nitrogen and oxygen atoms in total. The van der Waals surface area contributed by atoms with Crippen molar-refractivity contribution in [3.05, 3.63) is 0 Å². The number of hydrogen-bond acceptors (Lipinski definition) is 1. The number of rotatable bonds is 8. The van der Waals surface area contributed by atoms with E-state index >= 15 is 0 Å². The maximum absolute atomic E-state index is 11.7. The van der Waals surface area contributed by atoms with Crippen molar-refractivity contribution in [1.29, 1.82) is 0 Å². The van der Waals surface area contributed by atoms with E-state index in [9.17, 15) is 4.79 Å². The number of carbonyl (C=O) groups excluding carboxylic acids is 1. The van der Waals surface area contributed by atoms with Crippen LogP contribution in [0, 0.1) is 0 Å². The molecule has 1 rings (SSSR count). The van der Waals surface area contributed by atoms with Crippen LogP contribution in [-0.4, -0.2) is 23.4 Å². The predicted molar refractivity (Wildman–Crippen MR) is 68.4 cm³/mol. The van der Waals surface area contributed by atoms with Crippen molar-refractivity contribution in [2.75, 3.05) is 6.54 Å². The van der Waals surface area contributed by atoms with E-state index in [0.717, 1.165) is 19.4 Å². The van der Waals surface area contributed by atoms with Gasteiger partial charge in [0.2, 0.25) is 5.91 Å². The molecule has 0 saturated carbocycles. The van der Waals surface area contributed by atoms with Gasteiger partial charge in [0.25, 0.3) is 0 Å². The Morgan fingerprint density at radius 1 is 1.12 bits per heavy atom. The Kier molecular flexibility index (Phi) is 6.51. The minimum atomic E-state index is 0.401. The lowest BCUT2D eigenvalue weighted by Gasteiger charge is -2.24. The summed E-state index contributed by atoms with van der Waals surface area (Å²) >= 11 is 0. The molecule has 0 spiro atoms. The summed E-state index contributed by atoms with van der Waals surface area (Å²) in [6.07, 6.45) is 10.7. The number of hydrogen-bond donors (Lipinski definition) is 0. The van der Waals surface area contributed by atoms with Gasteiger partial charge in [0.05, 0.1) is 0 Å². The summed E-state index contributed by atoms with van der Waals surface area (Å²) in [5, 5.41) is 0. The zero-order chi connectivity index (χ0) is 11.8. The number of unbranched alkanes of at least 4 members (excludes halogenated alkanes) is 4. The van der Waals surface area contributed by atoms with Crippen LogP contribution in [0.4, 0.5) is 0 Å². The molecule has 2 heteroatoms. The van der Waals surface area contributed by atoms with Gasteiger partial charge >= 0.3 is 0 Å². The third-order valence-electron chi connectivity index (χ3n) is 3.60. The van der Waals surface area contributed by atoms with Crippen LogP contribution in [-0.2, 0) is 4.79 Å². The maximum atomic E-state index is 11.7. The Balaban J connectivity index is 2.28. The molecule has 0 radical (unpaired) electrons. The molecule has 1 amide bonds. The summed E-state index contributed by atoms with van der Waals surface area (Å²) in [7, 11) is 0. The standard InChI is InChI=1S/C14H27NO/c1-3-5-7-9-13-10-11-14(16)15(13)12-8-6-4-2/h13H,3-12H2,1-2H3. The van der Waals surface area contributed by atoms with E-state index < -0.39 is 0 Å². The van der Waals surface area contributed by atoms with Gasteiger partial charge in [0, 0.05) is 19.0 Å². The summed E-state index contributed by atoms with van der Waals surface area (Å²) in [5.74, 6) is 0.401. The molecule has 1 saturated heterocycles. The van der Waals surface area contributed by atoms with Crippen LogP contribution in [0.5, 0.6) is 0 Å². The molecule has 1 aliphatic heterocycles. The minimum Gasteiger partial charge on any atom is -0.340 e. The van der Waals surface area contributed by atoms with Gasteiger partial charge in [-0.05, 0) is 19.3 Å². The molecule has 1 fully saturated rings. The first-order chi connectivity index (χ1) is 7.79. The molecule has 0 aromatic carbocycles. The van der Waals surface area contributed by atoms with Gasteiger partial charge in [0.15, 0.2) is 0 Å². The number of likely N-dealkylation sites (tertiary alicyclic amines) is 1. The monoisotopic (exact) mass is 225 g/mol. The third-order valence-corrected chi connectivity index (χ3v) is 3.60. The predicted octanol–water partition coefficient (Wildman–Crippen LogP) is 3.75. The van der Waals surface area contributed by atoms with E-state index in [4.69, 9.17) is 0 Å². The third kappa shape index (κ3) is 4.15. The highest BCUT2D eigenvalue weighted by molar-refractivity contribution is 5.78. The van der Waals surface area contributed by atoms with Crippen molar-refractivity contribution < 1.29 is 4.79 Å². The topological polar surface area (TPSA) is 20.3 Å². The Hall–Kier alpha value is -0.530. The summed E-state index contributed by atoms with van der Waals surface area (Å²) in [6, 6.07) is 0.566. The molecule has 1 unspecified atom stereocenters. The molecule has 1 heterocycles. The van der Waals surface area contributed by atoms with Crippen LogP contribution in [0.3, 0.4) is 0 Å². The van der Waals surface area contributed by atoms with Gasteiger partial charge in [-0.3, -0.25) is 4.79 Å². The smallest absolute Gasteiger partial charge is 0.222 e. The average Bonchev–Trinajstić information content (AvgIpc) is 2.62. The van der Waals surface area contributed by atoms with E-state index in [0.29, 0.717) is 11.9 Å². The quantitative estimate of drug-likeness (QED) is 0.576. The fraction of sp³-hybridized carbons (Fsp3) is 0.929. The van der Waals surface area contributed by atoms with Crippen LogP contribution in [0.1, 0.15) is 71.6 Å². The van der Waals surface area contributed by atoms with Gasteiger partial charge in [-0.1, -0.05) is 46.0 Å². The zero-order valence-electron chi connectivity index (χ0n) is 11.0. The Morgan fingerprint density at radius 3 is 2.50 bits per heavy atom. The Bertz CT molecular complexity index is 203. The summed E-state index contributed by atoms with van der Waals surface area (Å²) < 4.78 is 0. The Morgan fingerprint density at radius 2 is 1.81 bits per heavy atom. The van der Waals surface area contributed by atoms with Gasteiger partial charge in [0.1, 0.15) is 0 Å². The molecular formula is C14H27NO. The maximum Gasteiger partial charge on any atom is 0.222 e. The molecule has 1 aliphatic rings. The molecule has 16 heavy (non-hydrogen) atoms. The Labute approximate surface area is 100 Å². The fourth-order valence-corrected chi connectivity index (χ4v) is 2.56. The number of nitrogens with zero attached hydrogens (tertiary/aromatic N) is 1. The average molecular weight is 225 g/mol. The second-order valence-electron chi connectivity index (χ2n) is 4.98. The first-order valence-corrected chi connectivity index (χ1v) is 7.09. The van der Waals surface area contributed by atoms with Crippen molar-refractivity contribution in [2.45, 2.75) is 77.7 Å². The molecule has 94 valence electrons. The lowest BCUT2D eigenvalue weighted by molar-refractivity contribution is -0.129. The van der Waals surface area contributed by atoms with Gasteiger partial charge in [-0.2, -0.15) is 0 Å². The normalized spacial score (nSPS) is 20.8. The highest BCUT2D eigenvalue weighted by Gasteiger charge is 2.29. The van der Waals surface area contributed by atoms with Crippen LogP contribution in [0.2, 0.25) is 0 Å². The van der Waals surface area contributed by atoms with Crippen molar-refractivity contribution in [2.24, 2.45) is 0 Å². The second-order valence-corrected chi connectivity index (χ2v) is 4.98. The van der Waals surface area contributed by atoms with Crippen LogP contribution in [0.25, 0.3) is 0 Å². The van der Waals surface area contributed by atoms with Crippen molar-refractivity contribution in [3.63, 3.8) is 0 Å². The van der Waals surface area contributed by atoms with Crippen LogP contribution < -0.4 is 0 Å². The SMILES string of the molecule is CCCCCC1CCC(=O)N1CCCCC. The van der Waals surface area contributed by atoms with Crippen molar-refractivity contribution in [3.8, 4) is 0 Å². The van der Waals surface area contributed by atoms with E-state index in [1.54, 1.807) is 0 Å². The first-order valence-electron chi connectivity index (χ1n) is 7.09. The molecule has 0 aliphatic carbocycles. The second kappa shape index (κ2) is 7.70. The first kappa shape index (κ1) is 13.5. The van der Waals surface area contributed by atoms with Gasteiger partial charge in [-0.25, -0.2) is 0 Å². The molecule has 0 bridgehead atoms. The van der Waals surface area contributed by atoms with E-state index in [2.05, 4.69) is 18.7 Å².